The summed E-state index contributed by atoms with van der Waals surface area (Å²) in [4.78, 5) is 28.3. The lowest BCUT2D eigenvalue weighted by atomic mass is 10.2. The van der Waals surface area contributed by atoms with Crippen LogP contribution in [-0.4, -0.2) is 27.3 Å². The zero-order valence-electron chi connectivity index (χ0n) is 12.8. The average molecular weight is 322 g/mol. The van der Waals surface area contributed by atoms with E-state index in [1.165, 1.54) is 0 Å². The molecule has 1 aliphatic heterocycles. The normalized spacial score (nSPS) is 16.2. The second-order valence-corrected chi connectivity index (χ2v) is 5.51. The second-order valence-electron chi connectivity index (χ2n) is 5.51. The van der Waals surface area contributed by atoms with Gasteiger partial charge in [0.15, 0.2) is 6.10 Å². The van der Waals surface area contributed by atoms with Gasteiger partial charge in [-0.05, 0) is 37.3 Å². The van der Waals surface area contributed by atoms with Gasteiger partial charge in [-0.2, -0.15) is 0 Å². The number of nitrogens with one attached hydrogen (secondary N) is 2. The summed E-state index contributed by atoms with van der Waals surface area (Å²) < 4.78 is 7.26. The molecule has 1 atom stereocenters. The number of fused-ring (bicyclic) bond motifs is 2. The summed E-state index contributed by atoms with van der Waals surface area (Å²) in [5.41, 5.74) is 2.09. The molecule has 120 valence electrons. The summed E-state index contributed by atoms with van der Waals surface area (Å²) >= 11 is 0. The van der Waals surface area contributed by atoms with Crippen LogP contribution in [0.4, 0.5) is 11.4 Å². The number of benzene rings is 1. The Bertz CT molecular complexity index is 930. The third-order valence-electron chi connectivity index (χ3n) is 3.76. The Labute approximate surface area is 137 Å². The number of imidazole rings is 1. The first-order valence-electron chi connectivity index (χ1n) is 7.47. The maximum absolute atomic E-state index is 12.4. The topological polar surface area (TPSA) is 84.7 Å². The van der Waals surface area contributed by atoms with Crippen LogP contribution < -0.4 is 15.4 Å². The van der Waals surface area contributed by atoms with Gasteiger partial charge in [0.2, 0.25) is 0 Å². The minimum atomic E-state index is -0.532. The molecule has 0 saturated heterocycles. The lowest BCUT2D eigenvalue weighted by Crippen LogP contribution is -2.34. The van der Waals surface area contributed by atoms with Crippen molar-refractivity contribution in [2.75, 3.05) is 10.6 Å². The van der Waals surface area contributed by atoms with Crippen LogP contribution in [-0.2, 0) is 4.79 Å². The first-order chi connectivity index (χ1) is 11.6. The fourth-order valence-corrected chi connectivity index (χ4v) is 2.53. The molecule has 7 heteroatoms. The molecule has 0 fully saturated rings. The first kappa shape index (κ1) is 14.3. The van der Waals surface area contributed by atoms with E-state index < -0.39 is 6.10 Å². The maximum atomic E-state index is 12.4. The number of nitrogens with zero attached hydrogens (tertiary/aromatic N) is 2. The highest BCUT2D eigenvalue weighted by Crippen LogP contribution is 2.32. The molecular weight excluding hydrogens is 308 g/mol. The van der Waals surface area contributed by atoms with Crippen molar-refractivity contribution in [3.05, 3.63) is 54.5 Å². The Kier molecular flexibility index (Phi) is 3.19. The molecule has 1 aromatic carbocycles. The smallest absolute Gasteiger partial charge is 0.275 e. The van der Waals surface area contributed by atoms with Crippen LogP contribution in [0.15, 0.2) is 48.8 Å². The number of anilines is 2. The minimum absolute atomic E-state index is 0.216. The van der Waals surface area contributed by atoms with E-state index in [9.17, 15) is 9.59 Å². The second kappa shape index (κ2) is 5.38. The number of ether oxygens (including phenoxy) is 1. The molecule has 4 rings (SSSR count). The lowest BCUT2D eigenvalue weighted by molar-refractivity contribution is -0.122. The summed E-state index contributed by atoms with van der Waals surface area (Å²) in [7, 11) is 0. The highest BCUT2D eigenvalue weighted by molar-refractivity contribution is 6.04. The Hall–Kier alpha value is -3.35. The van der Waals surface area contributed by atoms with Crippen molar-refractivity contribution in [1.82, 2.24) is 9.38 Å². The number of carbonyl (C=O) groups is 2. The number of aromatic nitrogens is 2. The SMILES string of the molecule is C[C@H]1Oc2ccc(NC(=O)c3cn4ccccc4n3)cc2NC1=O. The standard InChI is InChI=1S/C17H14N4O3/c1-10-16(22)20-12-8-11(5-6-14(12)24-10)18-17(23)13-9-21-7-3-2-4-15(21)19-13/h2-10H,1H3,(H,18,23)(H,20,22)/t10-/m1/s1. The zero-order valence-corrected chi connectivity index (χ0v) is 12.8. The van der Waals surface area contributed by atoms with Crippen molar-refractivity contribution in [3.63, 3.8) is 0 Å². The quantitative estimate of drug-likeness (QED) is 0.758. The highest BCUT2D eigenvalue weighted by atomic mass is 16.5. The fourth-order valence-electron chi connectivity index (χ4n) is 2.53. The molecule has 7 nitrogen and oxygen atoms in total. The average Bonchev–Trinajstić information content (AvgIpc) is 3.00. The third-order valence-corrected chi connectivity index (χ3v) is 3.76. The van der Waals surface area contributed by atoms with E-state index in [2.05, 4.69) is 15.6 Å². The van der Waals surface area contributed by atoms with Crippen molar-refractivity contribution in [2.45, 2.75) is 13.0 Å². The molecule has 3 heterocycles. The number of carbonyl (C=O) groups excluding carboxylic acids is 2. The molecule has 1 aliphatic rings. The summed E-state index contributed by atoms with van der Waals surface area (Å²) in [5.74, 6) is 0.0363. The molecule has 2 N–H and O–H groups in total. The van der Waals surface area contributed by atoms with Crippen molar-refractivity contribution >= 4 is 28.8 Å². The summed E-state index contributed by atoms with van der Waals surface area (Å²) in [6.45, 7) is 1.68. The van der Waals surface area contributed by atoms with Gasteiger partial charge < -0.3 is 19.8 Å². The summed E-state index contributed by atoms with van der Waals surface area (Å²) in [5, 5.41) is 5.52. The molecule has 0 unspecified atom stereocenters. The molecular formula is C17H14N4O3. The Morgan fingerprint density at radius 1 is 1.33 bits per heavy atom. The van der Waals surface area contributed by atoms with Crippen LogP contribution in [0.5, 0.6) is 5.75 Å². The van der Waals surface area contributed by atoms with Gasteiger partial charge in [-0.3, -0.25) is 9.59 Å². The van der Waals surface area contributed by atoms with Crippen molar-refractivity contribution in [1.29, 1.82) is 0 Å². The summed E-state index contributed by atoms with van der Waals surface area (Å²) in [6.07, 6.45) is 2.96. The Morgan fingerprint density at radius 2 is 2.21 bits per heavy atom. The minimum Gasteiger partial charge on any atom is -0.479 e. The van der Waals surface area contributed by atoms with Gasteiger partial charge in [-0.1, -0.05) is 6.07 Å². The van der Waals surface area contributed by atoms with E-state index in [0.29, 0.717) is 28.5 Å². The van der Waals surface area contributed by atoms with Crippen LogP contribution in [0.1, 0.15) is 17.4 Å². The van der Waals surface area contributed by atoms with Crippen LogP contribution >= 0.6 is 0 Å². The number of pyridine rings is 1. The van der Waals surface area contributed by atoms with Crippen LogP contribution in [0.25, 0.3) is 5.65 Å². The van der Waals surface area contributed by atoms with Crippen LogP contribution in [0, 0.1) is 0 Å². The molecule has 2 aromatic heterocycles. The van der Waals surface area contributed by atoms with Gasteiger partial charge >= 0.3 is 0 Å². The molecule has 0 bridgehead atoms. The maximum Gasteiger partial charge on any atom is 0.275 e. The first-order valence-corrected chi connectivity index (χ1v) is 7.47. The zero-order chi connectivity index (χ0) is 16.7. The predicted octanol–water partition coefficient (Wildman–Crippen LogP) is 2.31. The van der Waals surface area contributed by atoms with Gasteiger partial charge in [0, 0.05) is 18.1 Å². The van der Waals surface area contributed by atoms with Crippen LogP contribution in [0.2, 0.25) is 0 Å². The van der Waals surface area contributed by atoms with Gasteiger partial charge in [-0.15, -0.1) is 0 Å². The lowest BCUT2D eigenvalue weighted by Gasteiger charge is -2.23. The molecule has 0 saturated carbocycles. The van der Waals surface area contributed by atoms with E-state index in [4.69, 9.17) is 4.74 Å². The highest BCUT2D eigenvalue weighted by Gasteiger charge is 2.23. The van der Waals surface area contributed by atoms with E-state index >= 15 is 0 Å². The van der Waals surface area contributed by atoms with Gasteiger partial charge in [-0.25, -0.2) is 4.98 Å². The third kappa shape index (κ3) is 2.45. The largest absolute Gasteiger partial charge is 0.479 e. The Morgan fingerprint density at radius 3 is 3.04 bits per heavy atom. The number of rotatable bonds is 2. The fraction of sp³-hybridized carbons (Fsp3) is 0.118. The van der Waals surface area contributed by atoms with Crippen molar-refractivity contribution < 1.29 is 14.3 Å². The molecule has 0 radical (unpaired) electrons. The van der Waals surface area contributed by atoms with E-state index in [-0.39, 0.29) is 11.8 Å². The predicted molar refractivity (Wildman–Crippen MR) is 88.3 cm³/mol. The van der Waals surface area contributed by atoms with Gasteiger partial charge in [0.25, 0.3) is 11.8 Å². The van der Waals surface area contributed by atoms with Crippen LogP contribution in [0.3, 0.4) is 0 Å². The molecule has 0 spiro atoms. The van der Waals surface area contributed by atoms with E-state index in [0.717, 1.165) is 0 Å². The summed E-state index contributed by atoms with van der Waals surface area (Å²) in [6, 6.07) is 10.6. The van der Waals surface area contributed by atoms with Gasteiger partial charge in [0.1, 0.15) is 17.1 Å². The van der Waals surface area contributed by atoms with Crippen molar-refractivity contribution in [3.8, 4) is 5.75 Å². The van der Waals surface area contributed by atoms with E-state index in [1.807, 2.05) is 24.4 Å². The monoisotopic (exact) mass is 322 g/mol. The number of hydrogen-bond acceptors (Lipinski definition) is 4. The molecule has 3 aromatic rings. The number of amides is 2. The van der Waals surface area contributed by atoms with Gasteiger partial charge in [0.05, 0.1) is 5.69 Å². The molecule has 0 aliphatic carbocycles. The Balaban J connectivity index is 1.58. The van der Waals surface area contributed by atoms with Crippen molar-refractivity contribution in [2.24, 2.45) is 0 Å². The number of hydrogen-bond donors (Lipinski definition) is 2. The molecule has 24 heavy (non-hydrogen) atoms. The molecule has 2 amide bonds. The van der Waals surface area contributed by atoms with E-state index in [1.54, 1.807) is 35.7 Å².